The number of benzene rings is 2. The number of hydrogen-bond acceptors (Lipinski definition) is 4. The van der Waals surface area contributed by atoms with Crippen molar-refractivity contribution in [3.05, 3.63) is 53.3 Å². The molecule has 2 saturated heterocycles. The first-order chi connectivity index (χ1) is 16.8. The Bertz CT molecular complexity index is 1110. The van der Waals surface area contributed by atoms with Gasteiger partial charge in [0.05, 0.1) is 11.8 Å². The van der Waals surface area contributed by atoms with Crippen LogP contribution < -0.4 is 15.5 Å². The highest BCUT2D eigenvalue weighted by molar-refractivity contribution is 6.30. The molecule has 0 aromatic heterocycles. The van der Waals surface area contributed by atoms with E-state index in [4.69, 9.17) is 16.3 Å². The molecular weight excluding hydrogens is 475 g/mol. The fourth-order valence-corrected chi connectivity index (χ4v) is 4.60. The molecule has 2 aromatic rings. The fraction of sp³-hybridized carbons (Fsp3) is 0.400. The second-order valence-corrected chi connectivity index (χ2v) is 9.32. The molecule has 186 valence electrons. The Labute approximate surface area is 208 Å². The molecular formula is C25H28ClFN4O4. The number of piperidine rings is 1. The van der Waals surface area contributed by atoms with Gasteiger partial charge in [-0.05, 0) is 55.3 Å². The lowest BCUT2D eigenvalue weighted by molar-refractivity contribution is -0.123. The molecule has 0 aliphatic carbocycles. The molecule has 4 amide bonds. The summed E-state index contributed by atoms with van der Waals surface area (Å²) in [5.41, 5.74) is 0.971. The van der Waals surface area contributed by atoms with Crippen LogP contribution in [-0.4, -0.2) is 55.1 Å². The number of hydrogen-bond donors (Lipinski definition) is 2. The van der Waals surface area contributed by atoms with Crippen LogP contribution in [0.15, 0.2) is 42.5 Å². The van der Waals surface area contributed by atoms with Crippen molar-refractivity contribution in [1.29, 1.82) is 0 Å². The molecule has 2 aromatic carbocycles. The van der Waals surface area contributed by atoms with Crippen molar-refractivity contribution in [2.24, 2.45) is 5.92 Å². The van der Waals surface area contributed by atoms with Gasteiger partial charge < -0.3 is 25.2 Å². The van der Waals surface area contributed by atoms with Crippen molar-refractivity contribution < 1.29 is 23.5 Å². The minimum Gasteiger partial charge on any atom is -0.380 e. The van der Waals surface area contributed by atoms with Crippen molar-refractivity contribution in [2.45, 2.75) is 38.3 Å². The van der Waals surface area contributed by atoms with E-state index in [9.17, 15) is 18.8 Å². The number of likely N-dealkylation sites (tertiary alicyclic amines) is 1. The van der Waals surface area contributed by atoms with Gasteiger partial charge in [0.15, 0.2) is 0 Å². The second-order valence-electron chi connectivity index (χ2n) is 8.89. The predicted molar refractivity (Wildman–Crippen MR) is 132 cm³/mol. The molecule has 10 heteroatoms. The summed E-state index contributed by atoms with van der Waals surface area (Å²) >= 11 is 5.89. The first-order valence-corrected chi connectivity index (χ1v) is 11.9. The van der Waals surface area contributed by atoms with E-state index in [1.165, 1.54) is 24.1 Å². The van der Waals surface area contributed by atoms with E-state index >= 15 is 0 Å². The van der Waals surface area contributed by atoms with Crippen molar-refractivity contribution in [3.63, 3.8) is 0 Å². The van der Waals surface area contributed by atoms with Gasteiger partial charge in [-0.15, -0.1) is 0 Å². The zero-order valence-corrected chi connectivity index (χ0v) is 20.3. The maximum absolute atomic E-state index is 14.9. The smallest absolute Gasteiger partial charge is 0.322 e. The number of carbonyl (C=O) groups is 3. The summed E-state index contributed by atoms with van der Waals surface area (Å²) in [6.45, 7) is 2.61. The van der Waals surface area contributed by atoms with Gasteiger partial charge in [0.2, 0.25) is 11.8 Å². The molecule has 35 heavy (non-hydrogen) atoms. The summed E-state index contributed by atoms with van der Waals surface area (Å²) in [5.74, 6) is -1.32. The van der Waals surface area contributed by atoms with E-state index in [2.05, 4.69) is 10.6 Å². The van der Waals surface area contributed by atoms with Crippen molar-refractivity contribution in [1.82, 2.24) is 4.90 Å². The molecule has 1 unspecified atom stereocenters. The lowest BCUT2D eigenvalue weighted by atomic mass is 9.98. The third kappa shape index (κ3) is 5.57. The average molecular weight is 503 g/mol. The van der Waals surface area contributed by atoms with Crippen LogP contribution in [0.1, 0.15) is 26.2 Å². The largest absolute Gasteiger partial charge is 0.380 e. The maximum Gasteiger partial charge on any atom is 0.322 e. The standard InChI is InChI=1S/C25H28ClFN4O4/c1-15-4-3-11-30(24(15)33)18-9-10-21(20(27)12-18)29-23(32)22-13-19(35-2)14-31(22)25(34)28-17-7-5-16(26)6-8-17/h5-10,12,15,19,22H,3-4,11,13-14H2,1-2H3,(H,28,34)(H,29,32)/t15?,19-,22-/m1/s1. The molecule has 2 aliphatic rings. The summed E-state index contributed by atoms with van der Waals surface area (Å²) in [4.78, 5) is 41.4. The van der Waals surface area contributed by atoms with Gasteiger partial charge in [0.1, 0.15) is 11.9 Å². The minimum absolute atomic E-state index is 0.0183. The highest BCUT2D eigenvalue weighted by Crippen LogP contribution is 2.29. The number of amides is 4. The molecule has 4 rings (SSSR count). The molecule has 0 radical (unpaired) electrons. The first kappa shape index (κ1) is 24.9. The summed E-state index contributed by atoms with van der Waals surface area (Å²) < 4.78 is 20.3. The van der Waals surface area contributed by atoms with Gasteiger partial charge >= 0.3 is 6.03 Å². The molecule has 2 heterocycles. The van der Waals surface area contributed by atoms with Gasteiger partial charge in [-0.25, -0.2) is 9.18 Å². The summed E-state index contributed by atoms with van der Waals surface area (Å²) in [6, 6.07) is 9.59. The topological polar surface area (TPSA) is 91.0 Å². The SMILES string of the molecule is CO[C@@H]1C[C@H](C(=O)Nc2ccc(N3CCCC(C)C3=O)cc2F)N(C(=O)Nc2ccc(Cl)cc2)C1. The van der Waals surface area contributed by atoms with E-state index in [1.54, 1.807) is 35.2 Å². The molecule has 0 spiro atoms. The normalized spacial score (nSPS) is 22.3. The van der Waals surface area contributed by atoms with Crippen LogP contribution in [0, 0.1) is 11.7 Å². The van der Waals surface area contributed by atoms with Crippen LogP contribution >= 0.6 is 11.6 Å². The van der Waals surface area contributed by atoms with Crippen LogP contribution in [0.25, 0.3) is 0 Å². The van der Waals surface area contributed by atoms with Gasteiger partial charge in [-0.1, -0.05) is 18.5 Å². The number of carbonyl (C=O) groups excluding carboxylic acids is 3. The summed E-state index contributed by atoms with van der Waals surface area (Å²) in [7, 11) is 1.52. The number of rotatable bonds is 5. The van der Waals surface area contributed by atoms with E-state index in [1.807, 2.05) is 6.92 Å². The monoisotopic (exact) mass is 502 g/mol. The van der Waals surface area contributed by atoms with Gasteiger partial charge in [0.25, 0.3) is 0 Å². The lowest BCUT2D eigenvalue weighted by Crippen LogP contribution is -2.45. The summed E-state index contributed by atoms with van der Waals surface area (Å²) in [5, 5.41) is 5.87. The lowest BCUT2D eigenvalue weighted by Gasteiger charge is -2.31. The molecule has 0 bridgehead atoms. The minimum atomic E-state index is -0.851. The number of nitrogens with one attached hydrogen (secondary N) is 2. The number of anilines is 3. The zero-order valence-electron chi connectivity index (χ0n) is 19.6. The third-order valence-corrected chi connectivity index (χ3v) is 6.74. The Balaban J connectivity index is 1.46. The number of methoxy groups -OCH3 is 1. The van der Waals surface area contributed by atoms with E-state index in [0.717, 1.165) is 12.8 Å². The Morgan fingerprint density at radius 3 is 2.57 bits per heavy atom. The fourth-order valence-electron chi connectivity index (χ4n) is 4.47. The Morgan fingerprint density at radius 1 is 1.14 bits per heavy atom. The van der Waals surface area contributed by atoms with Crippen molar-refractivity contribution >= 4 is 46.5 Å². The van der Waals surface area contributed by atoms with Gasteiger partial charge in [0, 0.05) is 48.9 Å². The Morgan fingerprint density at radius 2 is 1.89 bits per heavy atom. The van der Waals surface area contributed by atoms with E-state index in [0.29, 0.717) is 22.9 Å². The first-order valence-electron chi connectivity index (χ1n) is 11.5. The van der Waals surface area contributed by atoms with Crippen LogP contribution in [0.2, 0.25) is 5.02 Å². The van der Waals surface area contributed by atoms with Gasteiger partial charge in [-0.3, -0.25) is 9.59 Å². The third-order valence-electron chi connectivity index (χ3n) is 6.48. The molecule has 0 saturated carbocycles. The Hall–Kier alpha value is -3.17. The van der Waals surface area contributed by atoms with Crippen LogP contribution in [0.4, 0.5) is 26.2 Å². The number of halogens is 2. The van der Waals surface area contributed by atoms with Gasteiger partial charge in [-0.2, -0.15) is 0 Å². The van der Waals surface area contributed by atoms with Crippen molar-refractivity contribution in [3.8, 4) is 0 Å². The van der Waals surface area contributed by atoms with Crippen molar-refractivity contribution in [2.75, 3.05) is 35.7 Å². The summed E-state index contributed by atoms with van der Waals surface area (Å²) in [6.07, 6.45) is 1.61. The Kier molecular flexibility index (Phi) is 7.57. The highest BCUT2D eigenvalue weighted by Gasteiger charge is 2.40. The zero-order chi connectivity index (χ0) is 25.1. The van der Waals surface area contributed by atoms with E-state index in [-0.39, 0.29) is 36.6 Å². The maximum atomic E-state index is 14.9. The van der Waals surface area contributed by atoms with Crippen LogP contribution in [0.3, 0.4) is 0 Å². The molecule has 2 fully saturated rings. The van der Waals surface area contributed by atoms with Crippen LogP contribution in [0.5, 0.6) is 0 Å². The highest BCUT2D eigenvalue weighted by atomic mass is 35.5. The number of nitrogens with zero attached hydrogens (tertiary/aromatic N) is 2. The predicted octanol–water partition coefficient (Wildman–Crippen LogP) is 4.50. The molecule has 3 atom stereocenters. The molecule has 2 aliphatic heterocycles. The van der Waals surface area contributed by atoms with E-state index < -0.39 is 23.8 Å². The average Bonchev–Trinajstić information content (AvgIpc) is 3.29. The second kappa shape index (κ2) is 10.6. The number of ether oxygens (including phenoxy) is 1. The number of urea groups is 1. The molecule has 8 nitrogen and oxygen atoms in total. The quantitative estimate of drug-likeness (QED) is 0.629. The molecule has 2 N–H and O–H groups in total. The van der Waals surface area contributed by atoms with Crippen LogP contribution in [-0.2, 0) is 14.3 Å².